The van der Waals surface area contributed by atoms with Gasteiger partial charge in [-0.3, -0.25) is 4.90 Å². The van der Waals surface area contributed by atoms with Crippen LogP contribution in [0.2, 0.25) is 0 Å². The molecule has 158 valence electrons. The van der Waals surface area contributed by atoms with Gasteiger partial charge >= 0.3 is 0 Å². The smallest absolute Gasteiger partial charge is 0.130 e. The summed E-state index contributed by atoms with van der Waals surface area (Å²) in [5, 5.41) is 12.5. The molecule has 3 aromatic rings. The molecule has 1 saturated heterocycles. The molecule has 1 saturated carbocycles. The molecular formula is C29H31NO. The number of hydrogen-bond acceptors (Lipinski definition) is 2. The first-order valence-electron chi connectivity index (χ1n) is 11.5. The molecule has 1 N–H and O–H groups in total. The summed E-state index contributed by atoms with van der Waals surface area (Å²) in [7, 11) is 0. The van der Waals surface area contributed by atoms with Gasteiger partial charge in [0.15, 0.2) is 0 Å². The molecule has 2 nitrogen and oxygen atoms in total. The Morgan fingerprint density at radius 2 is 1.48 bits per heavy atom. The number of fused-ring (bicyclic) bond motifs is 1. The van der Waals surface area contributed by atoms with Crippen molar-refractivity contribution in [2.75, 3.05) is 0 Å². The third-order valence-corrected chi connectivity index (χ3v) is 7.46. The topological polar surface area (TPSA) is 23.5 Å². The molecule has 0 aromatic heterocycles. The van der Waals surface area contributed by atoms with Crippen molar-refractivity contribution in [3.05, 3.63) is 114 Å². The highest BCUT2D eigenvalue weighted by Gasteiger charge is 2.53. The van der Waals surface area contributed by atoms with Gasteiger partial charge in [0.1, 0.15) is 5.60 Å². The monoisotopic (exact) mass is 409 g/mol. The molecule has 0 spiro atoms. The molecule has 0 bridgehead atoms. The van der Waals surface area contributed by atoms with Gasteiger partial charge in [-0.15, -0.1) is 0 Å². The molecule has 1 heterocycles. The Kier molecular flexibility index (Phi) is 5.52. The minimum atomic E-state index is -1.03. The summed E-state index contributed by atoms with van der Waals surface area (Å²) in [5.74, 6) is 0.663. The van der Waals surface area contributed by atoms with Gasteiger partial charge in [0.25, 0.3) is 0 Å². The second-order valence-electron chi connectivity index (χ2n) is 9.13. The van der Waals surface area contributed by atoms with Crippen LogP contribution in [0.1, 0.15) is 47.9 Å². The van der Waals surface area contributed by atoms with Crippen LogP contribution in [0.3, 0.4) is 0 Å². The highest BCUT2D eigenvalue weighted by Crippen LogP contribution is 2.49. The molecule has 1 aliphatic heterocycles. The Bertz CT molecular complexity index is 972. The van der Waals surface area contributed by atoms with Crippen molar-refractivity contribution in [3.8, 4) is 0 Å². The maximum absolute atomic E-state index is 12.5. The van der Waals surface area contributed by atoms with E-state index in [1.807, 2.05) is 42.5 Å². The average molecular weight is 410 g/mol. The predicted octanol–water partition coefficient (Wildman–Crippen LogP) is 6.01. The van der Waals surface area contributed by atoms with E-state index in [1.165, 1.54) is 24.8 Å². The van der Waals surface area contributed by atoms with E-state index in [2.05, 4.69) is 60.0 Å². The zero-order valence-corrected chi connectivity index (χ0v) is 18.0. The fraction of sp³-hybridized carbons (Fsp3) is 0.310. The lowest BCUT2D eigenvalue weighted by Gasteiger charge is -2.42. The second kappa shape index (κ2) is 8.45. The van der Waals surface area contributed by atoms with Gasteiger partial charge in [-0.25, -0.2) is 0 Å². The van der Waals surface area contributed by atoms with Crippen LogP contribution in [0.15, 0.2) is 91.5 Å². The van der Waals surface area contributed by atoms with Gasteiger partial charge in [0.2, 0.25) is 0 Å². The summed E-state index contributed by atoms with van der Waals surface area (Å²) in [6, 6.07) is 29.8. The van der Waals surface area contributed by atoms with Crippen LogP contribution in [0.25, 0.3) is 6.08 Å². The number of aliphatic hydroxyl groups is 1. The molecule has 3 aromatic carbocycles. The Morgan fingerprint density at radius 1 is 0.871 bits per heavy atom. The van der Waals surface area contributed by atoms with Crippen LogP contribution in [0, 0.1) is 5.92 Å². The zero-order chi connectivity index (χ0) is 21.3. The molecule has 1 aliphatic carbocycles. The fourth-order valence-corrected chi connectivity index (χ4v) is 5.93. The van der Waals surface area contributed by atoms with Gasteiger partial charge in [0.05, 0.1) is 0 Å². The van der Waals surface area contributed by atoms with Gasteiger partial charge in [-0.05, 0) is 47.4 Å². The number of nitrogens with zero attached hydrogens (tertiary/aromatic N) is 1. The summed E-state index contributed by atoms with van der Waals surface area (Å²) in [4.78, 5) is 2.61. The highest BCUT2D eigenvalue weighted by atomic mass is 16.3. The van der Waals surface area contributed by atoms with Gasteiger partial charge in [0, 0.05) is 18.6 Å². The highest BCUT2D eigenvalue weighted by molar-refractivity contribution is 5.47. The molecule has 2 aliphatic rings. The van der Waals surface area contributed by atoms with Crippen molar-refractivity contribution in [3.63, 3.8) is 0 Å². The zero-order valence-electron chi connectivity index (χ0n) is 18.0. The van der Waals surface area contributed by atoms with Gasteiger partial charge < -0.3 is 5.11 Å². The van der Waals surface area contributed by atoms with Crippen molar-refractivity contribution < 1.29 is 5.11 Å². The Labute approximate surface area is 185 Å². The third-order valence-electron chi connectivity index (χ3n) is 7.46. The quantitative estimate of drug-likeness (QED) is 0.539. The van der Waals surface area contributed by atoms with Crippen molar-refractivity contribution in [1.29, 1.82) is 0 Å². The number of likely N-dealkylation sites (tertiary alicyclic amines) is 1. The predicted molar refractivity (Wildman–Crippen MR) is 127 cm³/mol. The lowest BCUT2D eigenvalue weighted by molar-refractivity contribution is -0.0178. The van der Waals surface area contributed by atoms with E-state index in [4.69, 9.17) is 0 Å². The van der Waals surface area contributed by atoms with Crippen LogP contribution in [0.4, 0.5) is 0 Å². The van der Waals surface area contributed by atoms with E-state index in [-0.39, 0.29) is 6.04 Å². The number of benzene rings is 3. The van der Waals surface area contributed by atoms with Crippen LogP contribution in [-0.2, 0) is 12.1 Å². The van der Waals surface area contributed by atoms with Crippen LogP contribution in [0.5, 0.6) is 0 Å². The SMILES string of the molecule is C=Cc1ccc(CN2[C@@H]3CCC[C@@H]3C[C@@H]2C(O)(c2ccccc2)c2ccccc2)cc1. The van der Waals surface area contributed by atoms with Crippen molar-refractivity contribution in [2.45, 2.75) is 49.9 Å². The summed E-state index contributed by atoms with van der Waals surface area (Å²) >= 11 is 0. The summed E-state index contributed by atoms with van der Waals surface area (Å²) < 4.78 is 0. The van der Waals surface area contributed by atoms with Crippen molar-refractivity contribution in [1.82, 2.24) is 4.90 Å². The van der Waals surface area contributed by atoms with Crippen LogP contribution >= 0.6 is 0 Å². The lowest BCUT2D eigenvalue weighted by atomic mass is 9.78. The van der Waals surface area contributed by atoms with E-state index >= 15 is 0 Å². The van der Waals surface area contributed by atoms with Crippen molar-refractivity contribution in [2.24, 2.45) is 5.92 Å². The number of rotatable bonds is 6. The lowest BCUT2D eigenvalue weighted by Crippen LogP contribution is -2.50. The van der Waals surface area contributed by atoms with E-state index in [0.29, 0.717) is 12.0 Å². The largest absolute Gasteiger partial charge is 0.379 e. The summed E-state index contributed by atoms with van der Waals surface area (Å²) in [6.45, 7) is 4.74. The fourth-order valence-electron chi connectivity index (χ4n) is 5.93. The maximum atomic E-state index is 12.5. The minimum absolute atomic E-state index is 0.0479. The standard InChI is InChI=1S/C29H31NO/c1-2-22-16-18-23(19-17-22)21-30-27-15-9-10-24(27)20-28(30)29(31,25-11-5-3-6-12-25)26-13-7-4-8-14-26/h2-8,11-14,16-19,24,27-28,31H,1,9-10,15,20-21H2/t24-,27-,28-/m1/s1. The molecule has 31 heavy (non-hydrogen) atoms. The minimum Gasteiger partial charge on any atom is -0.379 e. The average Bonchev–Trinajstić information content (AvgIpc) is 3.43. The molecular weight excluding hydrogens is 378 g/mol. The Morgan fingerprint density at radius 3 is 2.06 bits per heavy atom. The van der Waals surface area contributed by atoms with E-state index in [1.54, 1.807) is 0 Å². The first-order valence-corrected chi connectivity index (χ1v) is 11.5. The Balaban J connectivity index is 1.57. The van der Waals surface area contributed by atoms with Crippen LogP contribution < -0.4 is 0 Å². The maximum Gasteiger partial charge on any atom is 0.130 e. The molecule has 2 fully saturated rings. The van der Waals surface area contributed by atoms with Gasteiger partial charge in [-0.1, -0.05) is 104 Å². The number of hydrogen-bond donors (Lipinski definition) is 1. The summed E-state index contributed by atoms with van der Waals surface area (Å²) in [6.07, 6.45) is 6.72. The third kappa shape index (κ3) is 3.64. The normalized spacial score (nSPS) is 23.6. The molecule has 5 rings (SSSR count). The van der Waals surface area contributed by atoms with Crippen molar-refractivity contribution >= 4 is 6.08 Å². The van der Waals surface area contributed by atoms with E-state index < -0.39 is 5.60 Å². The molecule has 2 heteroatoms. The Hall–Kier alpha value is -2.68. The molecule has 0 unspecified atom stereocenters. The first-order chi connectivity index (χ1) is 15.2. The molecule has 3 atom stereocenters. The second-order valence-corrected chi connectivity index (χ2v) is 9.13. The first kappa shape index (κ1) is 20.2. The van der Waals surface area contributed by atoms with E-state index in [0.717, 1.165) is 29.7 Å². The van der Waals surface area contributed by atoms with Crippen LogP contribution in [-0.4, -0.2) is 22.1 Å². The molecule has 0 amide bonds. The van der Waals surface area contributed by atoms with E-state index in [9.17, 15) is 5.11 Å². The van der Waals surface area contributed by atoms with Gasteiger partial charge in [-0.2, -0.15) is 0 Å². The summed E-state index contributed by atoms with van der Waals surface area (Å²) in [5.41, 5.74) is 3.38. The molecule has 0 radical (unpaired) electrons.